The summed E-state index contributed by atoms with van der Waals surface area (Å²) < 4.78 is 5.16. The van der Waals surface area contributed by atoms with E-state index in [1.807, 2.05) is 6.07 Å². The quantitative estimate of drug-likeness (QED) is 0.885. The molecule has 1 heterocycles. The van der Waals surface area contributed by atoms with Gasteiger partial charge in [0.1, 0.15) is 29.0 Å². The summed E-state index contributed by atoms with van der Waals surface area (Å²) in [4.78, 5) is 20.2. The average molecular weight is 283 g/mol. The second kappa shape index (κ2) is 6.34. The van der Waals surface area contributed by atoms with Crippen molar-refractivity contribution in [3.8, 4) is 11.8 Å². The Kier molecular flexibility index (Phi) is 4.31. The molecule has 0 spiro atoms. The molecule has 0 unspecified atom stereocenters. The lowest BCUT2D eigenvalue weighted by Gasteiger charge is -2.11. The monoisotopic (exact) mass is 283 g/mol. The van der Waals surface area contributed by atoms with Gasteiger partial charge in [0.15, 0.2) is 0 Å². The van der Waals surface area contributed by atoms with E-state index in [9.17, 15) is 4.79 Å². The molecule has 106 valence electrons. The van der Waals surface area contributed by atoms with Crippen LogP contribution < -0.4 is 15.4 Å². The van der Waals surface area contributed by atoms with Crippen molar-refractivity contribution in [2.24, 2.45) is 0 Å². The zero-order valence-electron chi connectivity index (χ0n) is 11.5. The summed E-state index contributed by atoms with van der Waals surface area (Å²) in [7, 11) is 3.15. The van der Waals surface area contributed by atoms with Crippen LogP contribution in [0, 0.1) is 11.3 Å². The lowest BCUT2D eigenvalue weighted by atomic mass is 10.1. The lowest BCUT2D eigenvalue weighted by Crippen LogP contribution is -2.16. The summed E-state index contributed by atoms with van der Waals surface area (Å²) in [5.41, 5.74) is 0.751. The number of carbonyl (C=O) groups excluding carboxylic acids is 1. The molecular weight excluding hydrogens is 270 g/mol. The molecule has 2 N–H and O–H groups in total. The highest BCUT2D eigenvalue weighted by molar-refractivity contribution is 6.04. The van der Waals surface area contributed by atoms with Gasteiger partial charge < -0.3 is 15.4 Å². The van der Waals surface area contributed by atoms with Gasteiger partial charge in [-0.15, -0.1) is 0 Å². The van der Waals surface area contributed by atoms with E-state index < -0.39 is 5.91 Å². The Labute approximate surface area is 121 Å². The van der Waals surface area contributed by atoms with Crippen LogP contribution in [0.25, 0.3) is 0 Å². The van der Waals surface area contributed by atoms with Crippen molar-refractivity contribution in [1.82, 2.24) is 9.97 Å². The second-order valence-electron chi connectivity index (χ2n) is 3.99. The molecule has 0 aliphatic carbocycles. The highest BCUT2D eigenvalue weighted by atomic mass is 16.5. The predicted molar refractivity (Wildman–Crippen MR) is 77.2 cm³/mol. The molecule has 7 nitrogen and oxygen atoms in total. The van der Waals surface area contributed by atoms with Crippen LogP contribution in [0.1, 0.15) is 16.1 Å². The molecule has 0 aliphatic heterocycles. The molecule has 1 aromatic heterocycles. The largest absolute Gasteiger partial charge is 0.495 e. The third kappa shape index (κ3) is 3.06. The maximum absolute atomic E-state index is 12.2. The number of anilines is 2. The molecule has 21 heavy (non-hydrogen) atoms. The molecule has 0 aliphatic rings. The van der Waals surface area contributed by atoms with Gasteiger partial charge in [-0.05, 0) is 12.1 Å². The van der Waals surface area contributed by atoms with Gasteiger partial charge >= 0.3 is 0 Å². The fourth-order valence-corrected chi connectivity index (χ4v) is 1.70. The fourth-order valence-electron chi connectivity index (χ4n) is 1.70. The Morgan fingerprint density at radius 1 is 1.38 bits per heavy atom. The summed E-state index contributed by atoms with van der Waals surface area (Å²) in [5.74, 6) is 0.406. The summed E-state index contributed by atoms with van der Waals surface area (Å²) in [5, 5.41) is 14.5. The van der Waals surface area contributed by atoms with Crippen LogP contribution in [0.2, 0.25) is 0 Å². The van der Waals surface area contributed by atoms with Crippen molar-refractivity contribution in [2.75, 3.05) is 24.8 Å². The van der Waals surface area contributed by atoms with Gasteiger partial charge in [-0.2, -0.15) is 5.26 Å². The maximum atomic E-state index is 12.2. The Balaban J connectivity index is 2.33. The Morgan fingerprint density at radius 2 is 2.19 bits per heavy atom. The number of rotatable bonds is 4. The zero-order valence-corrected chi connectivity index (χ0v) is 11.5. The van der Waals surface area contributed by atoms with Crippen molar-refractivity contribution >= 4 is 17.4 Å². The van der Waals surface area contributed by atoms with Crippen LogP contribution in [0.3, 0.4) is 0 Å². The van der Waals surface area contributed by atoms with Crippen molar-refractivity contribution in [1.29, 1.82) is 5.26 Å². The molecule has 0 fully saturated rings. The van der Waals surface area contributed by atoms with E-state index in [0.29, 0.717) is 22.8 Å². The third-order valence-electron chi connectivity index (χ3n) is 2.73. The topological polar surface area (TPSA) is 99.9 Å². The van der Waals surface area contributed by atoms with Gasteiger partial charge in [-0.25, -0.2) is 4.98 Å². The summed E-state index contributed by atoms with van der Waals surface area (Å²) in [6, 6.07) is 6.93. The normalized spacial score (nSPS) is 9.57. The summed E-state index contributed by atoms with van der Waals surface area (Å²) in [6.07, 6.45) is 2.85. The Morgan fingerprint density at radius 3 is 2.86 bits per heavy atom. The van der Waals surface area contributed by atoms with E-state index in [-0.39, 0.29) is 5.69 Å². The van der Waals surface area contributed by atoms with Gasteiger partial charge in [0, 0.05) is 7.05 Å². The SMILES string of the molecule is CNc1cncc(C(=O)Nc2c(C#N)cccc2OC)n1. The number of hydrogen-bond donors (Lipinski definition) is 2. The number of nitriles is 1. The molecule has 0 bridgehead atoms. The van der Waals surface area contributed by atoms with Gasteiger partial charge in [0.2, 0.25) is 0 Å². The first kappa shape index (κ1) is 14.3. The molecular formula is C14H13N5O2. The molecule has 0 saturated carbocycles. The van der Waals surface area contributed by atoms with E-state index in [2.05, 4.69) is 20.6 Å². The summed E-state index contributed by atoms with van der Waals surface area (Å²) >= 11 is 0. The van der Waals surface area contributed by atoms with E-state index in [0.717, 1.165) is 0 Å². The highest BCUT2D eigenvalue weighted by Gasteiger charge is 2.15. The van der Waals surface area contributed by atoms with Crippen LogP contribution in [0.4, 0.5) is 11.5 Å². The standard InChI is InChI=1S/C14H13N5O2/c1-16-12-8-17-7-10(18-12)14(20)19-13-9(6-15)4-3-5-11(13)21-2/h3-5,7-8H,1-2H3,(H,16,18)(H,19,20). The van der Waals surface area contributed by atoms with Crippen LogP contribution in [0.5, 0.6) is 5.75 Å². The van der Waals surface area contributed by atoms with Crippen molar-refractivity contribution in [3.63, 3.8) is 0 Å². The van der Waals surface area contributed by atoms with Gasteiger partial charge in [-0.3, -0.25) is 9.78 Å². The molecule has 2 rings (SSSR count). The molecule has 1 aromatic carbocycles. The predicted octanol–water partition coefficient (Wildman–Crippen LogP) is 1.65. The zero-order chi connectivity index (χ0) is 15.2. The number of nitrogens with zero attached hydrogens (tertiary/aromatic N) is 3. The second-order valence-corrected chi connectivity index (χ2v) is 3.99. The number of para-hydroxylation sites is 1. The van der Waals surface area contributed by atoms with E-state index >= 15 is 0 Å². The number of amides is 1. The van der Waals surface area contributed by atoms with Crippen LogP contribution in [0.15, 0.2) is 30.6 Å². The van der Waals surface area contributed by atoms with Crippen molar-refractivity contribution in [3.05, 3.63) is 41.9 Å². The Bertz CT molecular complexity index is 709. The first-order valence-corrected chi connectivity index (χ1v) is 6.08. The number of ether oxygens (including phenoxy) is 1. The number of benzene rings is 1. The minimum absolute atomic E-state index is 0.136. The van der Waals surface area contributed by atoms with E-state index in [1.165, 1.54) is 19.5 Å². The average Bonchev–Trinajstić information content (AvgIpc) is 2.54. The third-order valence-corrected chi connectivity index (χ3v) is 2.73. The number of hydrogen-bond acceptors (Lipinski definition) is 6. The molecule has 7 heteroatoms. The van der Waals surface area contributed by atoms with Gasteiger partial charge in [0.25, 0.3) is 5.91 Å². The smallest absolute Gasteiger partial charge is 0.276 e. The van der Waals surface area contributed by atoms with Crippen molar-refractivity contribution < 1.29 is 9.53 Å². The number of aromatic nitrogens is 2. The number of methoxy groups -OCH3 is 1. The van der Waals surface area contributed by atoms with E-state index in [1.54, 1.807) is 25.2 Å². The number of nitrogens with one attached hydrogen (secondary N) is 2. The minimum atomic E-state index is -0.472. The first-order chi connectivity index (χ1) is 10.2. The number of carbonyl (C=O) groups is 1. The van der Waals surface area contributed by atoms with Crippen LogP contribution in [-0.4, -0.2) is 30.0 Å². The minimum Gasteiger partial charge on any atom is -0.495 e. The maximum Gasteiger partial charge on any atom is 0.276 e. The molecule has 0 radical (unpaired) electrons. The Hall–Kier alpha value is -3.14. The highest BCUT2D eigenvalue weighted by Crippen LogP contribution is 2.28. The molecule has 0 atom stereocenters. The van der Waals surface area contributed by atoms with Crippen molar-refractivity contribution in [2.45, 2.75) is 0 Å². The lowest BCUT2D eigenvalue weighted by molar-refractivity contribution is 0.102. The first-order valence-electron chi connectivity index (χ1n) is 6.08. The fraction of sp³-hybridized carbons (Fsp3) is 0.143. The van der Waals surface area contributed by atoms with Gasteiger partial charge in [0.05, 0.1) is 25.1 Å². The molecule has 0 saturated heterocycles. The van der Waals surface area contributed by atoms with Gasteiger partial charge in [-0.1, -0.05) is 6.07 Å². The van der Waals surface area contributed by atoms with E-state index in [4.69, 9.17) is 10.00 Å². The van der Waals surface area contributed by atoms with Crippen LogP contribution in [-0.2, 0) is 0 Å². The van der Waals surface area contributed by atoms with Crippen LogP contribution >= 0.6 is 0 Å². The molecule has 2 aromatic rings. The molecule has 1 amide bonds. The summed E-state index contributed by atoms with van der Waals surface area (Å²) in [6.45, 7) is 0.